The molecule has 0 bridgehead atoms. The molecule has 1 rings (SSSR count). The van der Waals surface area contributed by atoms with E-state index < -0.39 is 7.11 Å². The highest BCUT2D eigenvalue weighted by atomic mass is 29.6. The summed E-state index contributed by atoms with van der Waals surface area (Å²) in [5.74, 6) is 0. The van der Waals surface area contributed by atoms with Crippen molar-refractivity contribution < 1.29 is 0 Å². The maximum absolute atomic E-state index is 3.66. The Morgan fingerprint density at radius 2 is 1.50 bits per heavy atom. The number of rotatable bonds is 0. The Bertz CT molecular complexity index is 53.1. The van der Waals surface area contributed by atoms with E-state index in [9.17, 15) is 0 Å². The highest BCUT2D eigenvalue weighted by molar-refractivity contribution is 7.42. The fourth-order valence-electron chi connectivity index (χ4n) is 0.530. The predicted octanol–water partition coefficient (Wildman–Crippen LogP) is 0.169. The van der Waals surface area contributed by atoms with Crippen LogP contribution < -0.4 is 0 Å². The van der Waals surface area contributed by atoms with Crippen LogP contribution in [0.4, 0.5) is 0 Å². The minimum Gasteiger partial charge on any atom is -0.0624 e. The van der Waals surface area contributed by atoms with Crippen LogP contribution in [0, 0.1) is 0 Å². The van der Waals surface area contributed by atoms with Gasteiger partial charge in [0.15, 0.2) is 0 Å². The molecule has 1 saturated heterocycles. The molecule has 0 aliphatic carbocycles. The van der Waals surface area contributed by atoms with Gasteiger partial charge in [0.05, 0.1) is 0 Å². The molecule has 1 aliphatic rings. The van der Waals surface area contributed by atoms with Crippen molar-refractivity contribution in [3.63, 3.8) is 0 Å². The smallest absolute Gasteiger partial charge is 0.0241 e. The van der Waals surface area contributed by atoms with Gasteiger partial charge in [-0.1, -0.05) is 18.5 Å². The summed E-state index contributed by atoms with van der Waals surface area (Å²) in [6.07, 6.45) is 1.43. The SMILES string of the molecule is [Si][Si]1([Si])CCC1. The summed E-state index contributed by atoms with van der Waals surface area (Å²) in [5.41, 5.74) is 0. The van der Waals surface area contributed by atoms with Gasteiger partial charge in [0.25, 0.3) is 0 Å². The van der Waals surface area contributed by atoms with Crippen LogP contribution >= 0.6 is 0 Å². The molecule has 6 heavy (non-hydrogen) atoms. The average Bonchev–Trinajstić information content (AvgIpc) is 1.32. The van der Waals surface area contributed by atoms with Gasteiger partial charge in [-0.15, -0.1) is 0 Å². The van der Waals surface area contributed by atoms with Crippen LogP contribution in [0.15, 0.2) is 0 Å². The van der Waals surface area contributed by atoms with Gasteiger partial charge in [-0.25, -0.2) is 0 Å². The van der Waals surface area contributed by atoms with Crippen molar-refractivity contribution in [2.75, 3.05) is 0 Å². The second kappa shape index (κ2) is 1.31. The quantitative estimate of drug-likeness (QED) is 0.406. The summed E-state index contributed by atoms with van der Waals surface area (Å²) in [7, 11) is 6.49. The first-order chi connectivity index (χ1) is 2.71. The monoisotopic (exact) mass is 126 g/mol. The molecule has 0 aromatic heterocycles. The molecule has 1 heterocycles. The zero-order chi connectivity index (χ0) is 4.62. The van der Waals surface area contributed by atoms with Crippen molar-refractivity contribution in [2.45, 2.75) is 18.5 Å². The molecule has 1 aliphatic heterocycles. The predicted molar refractivity (Wildman–Crippen MR) is 31.5 cm³/mol. The Kier molecular flexibility index (Phi) is 1.05. The first-order valence-corrected chi connectivity index (χ1v) is 7.62. The van der Waals surface area contributed by atoms with Crippen LogP contribution in [0.2, 0.25) is 12.1 Å². The van der Waals surface area contributed by atoms with E-state index in [4.69, 9.17) is 0 Å². The molecule has 0 spiro atoms. The van der Waals surface area contributed by atoms with Crippen molar-refractivity contribution in [3.05, 3.63) is 0 Å². The molecule has 0 aromatic rings. The molecule has 1 fully saturated rings. The van der Waals surface area contributed by atoms with Crippen LogP contribution in [0.25, 0.3) is 0 Å². The van der Waals surface area contributed by atoms with Crippen molar-refractivity contribution >= 4 is 26.6 Å². The number of hydrogen-bond acceptors (Lipinski definition) is 0. The molecular weight excluding hydrogens is 120 g/mol. The second-order valence-corrected chi connectivity index (χ2v) is 12.3. The molecule has 0 saturated carbocycles. The maximum atomic E-state index is 3.66. The average molecular weight is 126 g/mol. The molecule has 6 radical (unpaired) electrons. The second-order valence-electron chi connectivity index (χ2n) is 1.94. The third-order valence-electron chi connectivity index (χ3n) is 1.21. The molecule has 0 nitrogen and oxygen atoms in total. The largest absolute Gasteiger partial charge is 0.0624 e. The molecular formula is C3H6Si3. The van der Waals surface area contributed by atoms with Gasteiger partial charge in [-0.2, -0.15) is 0 Å². The Morgan fingerprint density at radius 1 is 1.17 bits per heavy atom. The van der Waals surface area contributed by atoms with Crippen LogP contribution in [-0.2, 0) is 0 Å². The van der Waals surface area contributed by atoms with Crippen LogP contribution in [0.5, 0.6) is 0 Å². The van der Waals surface area contributed by atoms with Crippen molar-refractivity contribution in [1.82, 2.24) is 0 Å². The maximum Gasteiger partial charge on any atom is 0.0241 e. The number of hydrogen-bond donors (Lipinski definition) is 0. The first-order valence-electron chi connectivity index (χ1n) is 2.21. The van der Waals surface area contributed by atoms with Crippen molar-refractivity contribution in [2.24, 2.45) is 0 Å². The topological polar surface area (TPSA) is 0 Å². The van der Waals surface area contributed by atoms with Gasteiger partial charge in [0.2, 0.25) is 0 Å². The van der Waals surface area contributed by atoms with E-state index in [2.05, 4.69) is 19.5 Å². The third-order valence-corrected chi connectivity index (χ3v) is 6.62. The van der Waals surface area contributed by atoms with E-state index in [1.807, 2.05) is 0 Å². The fraction of sp³-hybridized carbons (Fsp3) is 1.00. The Balaban J connectivity index is 2.31. The summed E-state index contributed by atoms with van der Waals surface area (Å²) in [5, 5.41) is 0. The summed E-state index contributed by atoms with van der Waals surface area (Å²) in [6.45, 7) is 0. The standard InChI is InChI=1S/C3H6Si3/c4-6(5)2-1-3-6/h1-3H2. The molecule has 0 unspecified atom stereocenters. The van der Waals surface area contributed by atoms with E-state index in [1.54, 1.807) is 0 Å². The lowest BCUT2D eigenvalue weighted by atomic mass is 10.5. The minimum atomic E-state index is -0.840. The summed E-state index contributed by atoms with van der Waals surface area (Å²) >= 11 is 0. The molecule has 0 amide bonds. The van der Waals surface area contributed by atoms with Crippen LogP contribution in [-0.4, -0.2) is 26.6 Å². The van der Waals surface area contributed by atoms with Gasteiger partial charge in [0, 0.05) is 26.6 Å². The van der Waals surface area contributed by atoms with E-state index >= 15 is 0 Å². The molecule has 0 N–H and O–H groups in total. The molecule has 3 heteroatoms. The lowest BCUT2D eigenvalue weighted by Crippen LogP contribution is -2.43. The highest BCUT2D eigenvalue weighted by Gasteiger charge is 2.27. The zero-order valence-electron chi connectivity index (χ0n) is 3.62. The van der Waals surface area contributed by atoms with Crippen LogP contribution in [0.3, 0.4) is 0 Å². The van der Waals surface area contributed by atoms with E-state index in [0.717, 1.165) is 0 Å². The summed E-state index contributed by atoms with van der Waals surface area (Å²) in [4.78, 5) is 0. The lowest BCUT2D eigenvalue weighted by molar-refractivity contribution is 0.951. The third kappa shape index (κ3) is 0.828. The van der Waals surface area contributed by atoms with E-state index in [-0.39, 0.29) is 0 Å². The van der Waals surface area contributed by atoms with Gasteiger partial charge in [-0.05, 0) is 0 Å². The van der Waals surface area contributed by atoms with E-state index in [0.29, 0.717) is 0 Å². The first kappa shape index (κ1) is 4.80. The molecule has 0 aromatic carbocycles. The molecule has 0 atom stereocenters. The zero-order valence-corrected chi connectivity index (χ0v) is 6.62. The van der Waals surface area contributed by atoms with Gasteiger partial charge >= 0.3 is 0 Å². The lowest BCUT2D eigenvalue weighted by Gasteiger charge is -2.31. The van der Waals surface area contributed by atoms with Gasteiger partial charge < -0.3 is 0 Å². The van der Waals surface area contributed by atoms with Crippen molar-refractivity contribution in [1.29, 1.82) is 0 Å². The normalized spacial score (nSPS) is 29.0. The van der Waals surface area contributed by atoms with Gasteiger partial charge in [-0.3, -0.25) is 0 Å². The van der Waals surface area contributed by atoms with Gasteiger partial charge in [0.1, 0.15) is 0 Å². The minimum absolute atomic E-state index is 0.840. The summed E-state index contributed by atoms with van der Waals surface area (Å²) < 4.78 is 0. The van der Waals surface area contributed by atoms with Crippen LogP contribution in [0.1, 0.15) is 6.42 Å². The Hall–Kier alpha value is 0.651. The summed E-state index contributed by atoms with van der Waals surface area (Å²) in [6, 6.07) is 2.83. The highest BCUT2D eigenvalue weighted by Crippen LogP contribution is 2.24. The Morgan fingerprint density at radius 3 is 1.50 bits per heavy atom. The Labute approximate surface area is 45.8 Å². The van der Waals surface area contributed by atoms with E-state index in [1.165, 1.54) is 18.5 Å². The fourth-order valence-corrected chi connectivity index (χ4v) is 3.71. The molecule has 30 valence electrons. The van der Waals surface area contributed by atoms with Crippen molar-refractivity contribution in [3.8, 4) is 0 Å².